The van der Waals surface area contributed by atoms with E-state index in [1.54, 1.807) is 31.2 Å². The molecule has 3 aromatic rings. The summed E-state index contributed by atoms with van der Waals surface area (Å²) in [4.78, 5) is 41.6. The fraction of sp³-hybridized carbons (Fsp3) is 0.385. The van der Waals surface area contributed by atoms with Gasteiger partial charge in [-0.05, 0) is 44.9 Å². The monoisotopic (exact) mass is 570 g/mol. The summed E-state index contributed by atoms with van der Waals surface area (Å²) in [6.45, 7) is 3.25. The first kappa shape index (κ1) is 26.5. The standard InChI is InChI=1S/C26H27BrN4O6/c1-3-36-26(33)16(2)37-23-18(13-19(27)14-22(23)31(34)35)15-28-30-24(17-9-5-4-6-10-17)29-21-12-8-7-11-20(21)25(30)32/h7-8,11-17H,3-6,9-10H2,1-2H3/t16-/m0/s1. The van der Waals surface area contributed by atoms with Crippen LogP contribution in [0, 0.1) is 10.1 Å². The first-order valence-corrected chi connectivity index (χ1v) is 13.0. The highest BCUT2D eigenvalue weighted by Gasteiger charge is 2.26. The molecule has 0 N–H and O–H groups in total. The molecule has 1 aliphatic rings. The van der Waals surface area contributed by atoms with Crippen molar-refractivity contribution in [3.63, 3.8) is 0 Å². The zero-order chi connectivity index (χ0) is 26.5. The van der Waals surface area contributed by atoms with E-state index in [9.17, 15) is 19.7 Å². The third kappa shape index (κ3) is 5.87. The summed E-state index contributed by atoms with van der Waals surface area (Å²) in [6.07, 6.45) is 5.24. The SMILES string of the molecule is CCOC(=O)[C@H](C)Oc1c(C=Nn2c(C3CCCCC3)nc3ccccc3c2=O)cc(Br)cc1[N+](=O)[O-]. The van der Waals surface area contributed by atoms with Crippen molar-refractivity contribution >= 4 is 44.7 Å². The molecular weight excluding hydrogens is 544 g/mol. The van der Waals surface area contributed by atoms with Crippen molar-refractivity contribution in [2.75, 3.05) is 6.61 Å². The van der Waals surface area contributed by atoms with Crippen LogP contribution in [0.4, 0.5) is 5.69 Å². The maximum absolute atomic E-state index is 13.5. The molecule has 0 amide bonds. The average molecular weight is 571 g/mol. The van der Waals surface area contributed by atoms with Crippen LogP contribution in [-0.4, -0.2) is 39.5 Å². The Balaban J connectivity index is 1.84. The summed E-state index contributed by atoms with van der Waals surface area (Å²) < 4.78 is 12.4. The van der Waals surface area contributed by atoms with Gasteiger partial charge in [-0.15, -0.1) is 0 Å². The first-order valence-electron chi connectivity index (χ1n) is 12.2. The Hall–Kier alpha value is -3.60. The van der Waals surface area contributed by atoms with E-state index >= 15 is 0 Å². The molecule has 194 valence electrons. The Morgan fingerprint density at radius 1 is 1.30 bits per heavy atom. The third-order valence-corrected chi connectivity index (χ3v) is 6.69. The number of carbonyl (C=O) groups is 1. The summed E-state index contributed by atoms with van der Waals surface area (Å²) in [5.41, 5.74) is 0.134. The van der Waals surface area contributed by atoms with Gasteiger partial charge in [0.2, 0.25) is 5.75 Å². The van der Waals surface area contributed by atoms with Crippen molar-refractivity contribution in [1.82, 2.24) is 9.66 Å². The summed E-state index contributed by atoms with van der Waals surface area (Å²) >= 11 is 3.29. The number of benzene rings is 2. The van der Waals surface area contributed by atoms with Crippen LogP contribution >= 0.6 is 15.9 Å². The number of nitrogens with zero attached hydrogens (tertiary/aromatic N) is 4. The van der Waals surface area contributed by atoms with Gasteiger partial charge in [-0.1, -0.05) is 47.3 Å². The molecule has 1 aliphatic carbocycles. The van der Waals surface area contributed by atoms with E-state index in [1.165, 1.54) is 23.9 Å². The topological polar surface area (TPSA) is 126 Å². The van der Waals surface area contributed by atoms with E-state index < -0.39 is 17.0 Å². The lowest BCUT2D eigenvalue weighted by molar-refractivity contribution is -0.386. The molecule has 37 heavy (non-hydrogen) atoms. The molecule has 0 unspecified atom stereocenters. The van der Waals surface area contributed by atoms with Crippen molar-refractivity contribution in [3.05, 3.63) is 72.7 Å². The number of aromatic nitrogens is 2. The molecule has 4 rings (SSSR count). The normalized spacial score (nSPS) is 15.1. The van der Waals surface area contributed by atoms with E-state index in [-0.39, 0.29) is 35.1 Å². The highest BCUT2D eigenvalue weighted by molar-refractivity contribution is 9.10. The van der Waals surface area contributed by atoms with E-state index in [4.69, 9.17) is 14.5 Å². The molecule has 1 heterocycles. The van der Waals surface area contributed by atoms with Gasteiger partial charge in [0.1, 0.15) is 5.82 Å². The number of esters is 1. The number of hydrogen-bond acceptors (Lipinski definition) is 8. The molecule has 0 radical (unpaired) electrons. The van der Waals surface area contributed by atoms with E-state index in [2.05, 4.69) is 21.0 Å². The summed E-state index contributed by atoms with van der Waals surface area (Å²) in [7, 11) is 0. The second kappa shape index (κ2) is 11.6. The molecule has 1 aromatic heterocycles. The number of ether oxygens (including phenoxy) is 2. The molecule has 1 fully saturated rings. The smallest absolute Gasteiger partial charge is 0.347 e. The maximum atomic E-state index is 13.5. The quantitative estimate of drug-likeness (QED) is 0.155. The number of para-hydroxylation sites is 1. The Morgan fingerprint density at radius 2 is 2.03 bits per heavy atom. The molecular formula is C26H27BrN4O6. The Morgan fingerprint density at radius 3 is 2.73 bits per heavy atom. The number of nitro groups is 1. The minimum Gasteiger partial charge on any atom is -0.471 e. The molecule has 0 spiro atoms. The molecule has 0 aliphatic heterocycles. The second-order valence-electron chi connectivity index (χ2n) is 8.80. The van der Waals surface area contributed by atoms with Crippen molar-refractivity contribution in [1.29, 1.82) is 0 Å². The van der Waals surface area contributed by atoms with E-state index in [1.807, 2.05) is 6.07 Å². The number of nitro benzene ring substituents is 1. The van der Waals surface area contributed by atoms with Gasteiger partial charge in [0.15, 0.2) is 6.10 Å². The lowest BCUT2D eigenvalue weighted by Gasteiger charge is -2.22. The maximum Gasteiger partial charge on any atom is 0.347 e. The van der Waals surface area contributed by atoms with Crippen LogP contribution < -0.4 is 10.3 Å². The summed E-state index contributed by atoms with van der Waals surface area (Å²) in [6, 6.07) is 9.95. The summed E-state index contributed by atoms with van der Waals surface area (Å²) in [5, 5.41) is 16.7. The van der Waals surface area contributed by atoms with Crippen LogP contribution in [0.1, 0.15) is 63.3 Å². The summed E-state index contributed by atoms with van der Waals surface area (Å²) in [5.74, 6) is -0.179. The molecule has 2 aromatic carbocycles. The van der Waals surface area contributed by atoms with Crippen LogP contribution in [-0.2, 0) is 9.53 Å². The highest BCUT2D eigenvalue weighted by Crippen LogP contribution is 2.35. The molecule has 10 nitrogen and oxygen atoms in total. The number of halogens is 1. The molecule has 1 atom stereocenters. The van der Waals surface area contributed by atoms with Crippen LogP contribution in [0.5, 0.6) is 5.75 Å². The largest absolute Gasteiger partial charge is 0.471 e. The molecule has 0 bridgehead atoms. The van der Waals surface area contributed by atoms with Gasteiger partial charge in [0.25, 0.3) is 5.56 Å². The van der Waals surface area contributed by atoms with Gasteiger partial charge in [0.05, 0.1) is 28.6 Å². The average Bonchev–Trinajstić information content (AvgIpc) is 2.89. The highest BCUT2D eigenvalue weighted by atomic mass is 79.9. The first-order chi connectivity index (χ1) is 17.8. The van der Waals surface area contributed by atoms with Crippen LogP contribution in [0.15, 0.2) is 50.8 Å². The van der Waals surface area contributed by atoms with Crippen molar-refractivity contribution in [2.45, 2.75) is 58.0 Å². The number of rotatable bonds is 8. The van der Waals surface area contributed by atoms with Gasteiger partial charge in [-0.25, -0.2) is 9.78 Å². The lowest BCUT2D eigenvalue weighted by atomic mass is 9.88. The minimum absolute atomic E-state index is 0.0691. The fourth-order valence-electron chi connectivity index (χ4n) is 4.44. The fourth-order valence-corrected chi connectivity index (χ4v) is 4.91. The number of hydrogen-bond donors (Lipinski definition) is 0. The van der Waals surface area contributed by atoms with E-state index in [0.717, 1.165) is 32.1 Å². The lowest BCUT2D eigenvalue weighted by Crippen LogP contribution is -2.27. The Bertz CT molecular complexity index is 1410. The Labute approximate surface area is 221 Å². The van der Waals surface area contributed by atoms with Gasteiger partial charge in [0, 0.05) is 22.0 Å². The number of fused-ring (bicyclic) bond motifs is 1. The van der Waals surface area contributed by atoms with Gasteiger partial charge in [-0.3, -0.25) is 14.9 Å². The zero-order valence-electron chi connectivity index (χ0n) is 20.6. The third-order valence-electron chi connectivity index (χ3n) is 6.23. The van der Waals surface area contributed by atoms with Gasteiger partial charge in [-0.2, -0.15) is 9.78 Å². The predicted octanol–water partition coefficient (Wildman–Crippen LogP) is 5.33. The molecule has 0 saturated heterocycles. The van der Waals surface area contributed by atoms with Crippen LogP contribution in [0.3, 0.4) is 0 Å². The van der Waals surface area contributed by atoms with Gasteiger partial charge >= 0.3 is 11.7 Å². The molecule has 11 heteroatoms. The number of carbonyl (C=O) groups excluding carboxylic acids is 1. The van der Waals surface area contributed by atoms with Gasteiger partial charge < -0.3 is 9.47 Å². The van der Waals surface area contributed by atoms with Crippen molar-refractivity contribution in [2.24, 2.45) is 5.10 Å². The molecule has 1 saturated carbocycles. The minimum atomic E-state index is -1.10. The van der Waals surface area contributed by atoms with Crippen LogP contribution in [0.25, 0.3) is 10.9 Å². The second-order valence-corrected chi connectivity index (χ2v) is 9.71. The van der Waals surface area contributed by atoms with E-state index in [0.29, 0.717) is 21.2 Å². The zero-order valence-corrected chi connectivity index (χ0v) is 22.1. The van der Waals surface area contributed by atoms with Crippen molar-refractivity contribution < 1.29 is 19.2 Å². The van der Waals surface area contributed by atoms with Crippen molar-refractivity contribution in [3.8, 4) is 5.75 Å². The predicted molar refractivity (Wildman–Crippen MR) is 142 cm³/mol. The Kier molecular flexibility index (Phi) is 8.32. The van der Waals surface area contributed by atoms with Crippen LogP contribution in [0.2, 0.25) is 0 Å².